The Bertz CT molecular complexity index is 645. The molecule has 150 valence electrons. The minimum absolute atomic E-state index is 0.0201. The Labute approximate surface area is 166 Å². The van der Waals surface area contributed by atoms with Crippen molar-refractivity contribution in [3.8, 4) is 0 Å². The summed E-state index contributed by atoms with van der Waals surface area (Å²) < 4.78 is 0. The molecule has 7 nitrogen and oxygen atoms in total. The highest BCUT2D eigenvalue weighted by atomic mass is 35.5. The fourth-order valence-corrected chi connectivity index (χ4v) is 3.05. The van der Waals surface area contributed by atoms with Gasteiger partial charge in [0.15, 0.2) is 0 Å². The summed E-state index contributed by atoms with van der Waals surface area (Å²) in [6.45, 7) is 9.81. The Hall–Kier alpha value is -1.99. The van der Waals surface area contributed by atoms with Crippen molar-refractivity contribution >= 4 is 34.9 Å². The number of amides is 3. The van der Waals surface area contributed by atoms with Gasteiger partial charge < -0.3 is 25.8 Å². The fourth-order valence-electron chi connectivity index (χ4n) is 2.88. The van der Waals surface area contributed by atoms with E-state index in [4.69, 9.17) is 11.6 Å². The maximum absolute atomic E-state index is 12.1. The molecule has 3 N–H and O–H groups in total. The third kappa shape index (κ3) is 6.59. The number of carbonyl (C=O) groups is 2. The number of anilines is 2. The number of halogens is 1. The number of benzene rings is 1. The summed E-state index contributed by atoms with van der Waals surface area (Å²) in [7, 11) is 0. The van der Waals surface area contributed by atoms with E-state index in [2.05, 4.69) is 27.8 Å². The second kappa shape index (κ2) is 10.4. The molecule has 3 amide bonds. The topological polar surface area (TPSA) is 76.7 Å². The highest BCUT2D eigenvalue weighted by molar-refractivity contribution is 6.33. The number of piperazine rings is 1. The summed E-state index contributed by atoms with van der Waals surface area (Å²) in [4.78, 5) is 28.2. The lowest BCUT2D eigenvalue weighted by Crippen LogP contribution is -2.52. The van der Waals surface area contributed by atoms with Crippen molar-refractivity contribution in [2.75, 3.05) is 49.5 Å². The molecule has 27 heavy (non-hydrogen) atoms. The summed E-state index contributed by atoms with van der Waals surface area (Å²) >= 11 is 6.24. The average Bonchev–Trinajstić information content (AvgIpc) is 2.63. The van der Waals surface area contributed by atoms with E-state index in [1.165, 1.54) is 0 Å². The zero-order valence-corrected chi connectivity index (χ0v) is 17.1. The first-order chi connectivity index (χ1) is 12.9. The third-order valence-corrected chi connectivity index (χ3v) is 4.61. The van der Waals surface area contributed by atoms with Gasteiger partial charge in [0.25, 0.3) is 0 Å². The smallest absolute Gasteiger partial charge is 0.317 e. The molecular weight excluding hydrogens is 366 g/mol. The molecule has 0 spiro atoms. The zero-order valence-electron chi connectivity index (χ0n) is 16.3. The first-order valence-corrected chi connectivity index (χ1v) is 9.89. The lowest BCUT2D eigenvalue weighted by molar-refractivity contribution is -0.115. The van der Waals surface area contributed by atoms with E-state index in [1.807, 2.05) is 30.9 Å². The molecule has 0 aliphatic carbocycles. The van der Waals surface area contributed by atoms with Crippen LogP contribution >= 0.6 is 11.6 Å². The van der Waals surface area contributed by atoms with Crippen molar-refractivity contribution in [1.82, 2.24) is 15.5 Å². The molecule has 1 aliphatic rings. The molecule has 0 atom stereocenters. The van der Waals surface area contributed by atoms with Crippen LogP contribution in [-0.4, -0.2) is 62.1 Å². The lowest BCUT2D eigenvalue weighted by Gasteiger charge is -2.36. The molecule has 0 radical (unpaired) electrons. The van der Waals surface area contributed by atoms with Crippen LogP contribution in [0.3, 0.4) is 0 Å². The standard InChI is InChI=1S/C19H30ClN5O2/c1-4-7-21-13-18(26)23-17-12-15(5-6-16(17)20)24-8-10-25(11-9-24)19(27)22-14(2)3/h5-6,12,14,21H,4,7-11,13H2,1-3H3,(H,22,27)(H,23,26). The van der Waals surface area contributed by atoms with Gasteiger partial charge in [-0.3, -0.25) is 4.79 Å². The molecule has 1 heterocycles. The van der Waals surface area contributed by atoms with Crippen molar-refractivity contribution in [3.05, 3.63) is 23.2 Å². The van der Waals surface area contributed by atoms with Gasteiger partial charge in [0.2, 0.25) is 5.91 Å². The highest BCUT2D eigenvalue weighted by Gasteiger charge is 2.22. The molecule has 1 fully saturated rings. The predicted molar refractivity (Wildman–Crippen MR) is 111 cm³/mol. The van der Waals surface area contributed by atoms with Gasteiger partial charge in [0.1, 0.15) is 0 Å². The maximum Gasteiger partial charge on any atom is 0.317 e. The SMILES string of the molecule is CCCNCC(=O)Nc1cc(N2CCN(C(=O)NC(C)C)CC2)ccc1Cl. The molecule has 1 saturated heterocycles. The zero-order chi connectivity index (χ0) is 19.8. The van der Waals surface area contributed by atoms with Gasteiger partial charge in [-0.15, -0.1) is 0 Å². The normalized spacial score (nSPS) is 14.4. The molecule has 8 heteroatoms. The molecule has 1 aromatic carbocycles. The number of carbonyl (C=O) groups excluding carboxylic acids is 2. The van der Waals surface area contributed by atoms with Crippen molar-refractivity contribution < 1.29 is 9.59 Å². The second-order valence-corrected chi connectivity index (χ2v) is 7.37. The Morgan fingerprint density at radius 3 is 2.52 bits per heavy atom. The van der Waals surface area contributed by atoms with E-state index >= 15 is 0 Å². The summed E-state index contributed by atoms with van der Waals surface area (Å²) in [5.41, 5.74) is 1.59. The minimum Gasteiger partial charge on any atom is -0.368 e. The second-order valence-electron chi connectivity index (χ2n) is 6.97. The van der Waals surface area contributed by atoms with Crippen molar-refractivity contribution in [1.29, 1.82) is 0 Å². The Kier molecular flexibility index (Phi) is 8.19. The molecule has 0 bridgehead atoms. The van der Waals surface area contributed by atoms with Crippen LogP contribution in [0.5, 0.6) is 0 Å². The molecule has 1 aromatic rings. The van der Waals surface area contributed by atoms with E-state index in [0.29, 0.717) is 23.8 Å². The maximum atomic E-state index is 12.1. The Morgan fingerprint density at radius 2 is 1.89 bits per heavy atom. The number of nitrogens with zero attached hydrogens (tertiary/aromatic N) is 2. The van der Waals surface area contributed by atoms with Crippen LogP contribution in [-0.2, 0) is 4.79 Å². The predicted octanol–water partition coefficient (Wildman–Crippen LogP) is 2.52. The molecule has 0 aromatic heterocycles. The van der Waals surface area contributed by atoms with Gasteiger partial charge >= 0.3 is 6.03 Å². The van der Waals surface area contributed by atoms with Crippen molar-refractivity contribution in [2.45, 2.75) is 33.2 Å². The fraction of sp³-hybridized carbons (Fsp3) is 0.579. The summed E-state index contributed by atoms with van der Waals surface area (Å²) in [5.74, 6) is -0.113. The van der Waals surface area contributed by atoms with Crippen LogP contribution in [0, 0.1) is 0 Å². The van der Waals surface area contributed by atoms with Crippen LogP contribution in [0.1, 0.15) is 27.2 Å². The van der Waals surface area contributed by atoms with Gasteiger partial charge in [0.05, 0.1) is 17.3 Å². The van der Waals surface area contributed by atoms with Crippen LogP contribution in [0.15, 0.2) is 18.2 Å². The first-order valence-electron chi connectivity index (χ1n) is 9.51. The summed E-state index contributed by atoms with van der Waals surface area (Å²) in [6, 6.07) is 5.74. The van der Waals surface area contributed by atoms with Crippen molar-refractivity contribution in [2.24, 2.45) is 0 Å². The van der Waals surface area contributed by atoms with Gasteiger partial charge in [-0.1, -0.05) is 18.5 Å². The number of hydrogen-bond donors (Lipinski definition) is 3. The first kappa shape index (κ1) is 21.3. The number of urea groups is 1. The minimum atomic E-state index is -0.113. The number of hydrogen-bond acceptors (Lipinski definition) is 4. The van der Waals surface area contributed by atoms with Crippen molar-refractivity contribution in [3.63, 3.8) is 0 Å². The largest absolute Gasteiger partial charge is 0.368 e. The van der Waals surface area contributed by atoms with Gasteiger partial charge in [-0.25, -0.2) is 4.79 Å². The molecule has 0 unspecified atom stereocenters. The molecule has 0 saturated carbocycles. The quantitative estimate of drug-likeness (QED) is 0.620. The van der Waals surface area contributed by atoms with Gasteiger partial charge in [0, 0.05) is 37.9 Å². The Morgan fingerprint density at radius 1 is 1.19 bits per heavy atom. The van der Waals surface area contributed by atoms with E-state index in [9.17, 15) is 9.59 Å². The third-order valence-electron chi connectivity index (χ3n) is 4.28. The van der Waals surface area contributed by atoms with Crippen LogP contribution in [0.2, 0.25) is 5.02 Å². The monoisotopic (exact) mass is 395 g/mol. The summed E-state index contributed by atoms with van der Waals surface area (Å²) in [5, 5.41) is 9.37. The van der Waals surface area contributed by atoms with E-state index in [-0.39, 0.29) is 24.5 Å². The molecule has 2 rings (SSSR count). The van der Waals surface area contributed by atoms with Crippen LogP contribution < -0.4 is 20.9 Å². The Balaban J connectivity index is 1.94. The van der Waals surface area contributed by atoms with Crippen LogP contribution in [0.4, 0.5) is 16.2 Å². The van der Waals surface area contributed by atoms with Gasteiger partial charge in [-0.05, 0) is 45.0 Å². The molecular formula is C19H30ClN5O2. The summed E-state index contributed by atoms with van der Waals surface area (Å²) in [6.07, 6.45) is 0.977. The van der Waals surface area contributed by atoms with E-state index in [1.54, 1.807) is 6.07 Å². The van der Waals surface area contributed by atoms with E-state index < -0.39 is 0 Å². The lowest BCUT2D eigenvalue weighted by atomic mass is 10.2. The van der Waals surface area contributed by atoms with Crippen LogP contribution in [0.25, 0.3) is 0 Å². The average molecular weight is 396 g/mol. The molecule has 1 aliphatic heterocycles. The highest BCUT2D eigenvalue weighted by Crippen LogP contribution is 2.28. The van der Waals surface area contributed by atoms with E-state index in [0.717, 1.165) is 31.7 Å². The number of rotatable bonds is 7. The van der Waals surface area contributed by atoms with Gasteiger partial charge in [-0.2, -0.15) is 0 Å². The number of nitrogens with one attached hydrogen (secondary N) is 3.